The van der Waals surface area contributed by atoms with Gasteiger partial charge in [-0.15, -0.1) is 0 Å². The molecule has 0 atom stereocenters. The van der Waals surface area contributed by atoms with E-state index in [1.807, 2.05) is 0 Å². The quantitative estimate of drug-likeness (QED) is 0.826. The summed E-state index contributed by atoms with van der Waals surface area (Å²) < 4.78 is 27.7. The molecular formula is C15H13BrNO4S-. The highest BCUT2D eigenvalue weighted by Gasteiger charge is 2.15. The van der Waals surface area contributed by atoms with Crippen molar-refractivity contribution in [1.29, 1.82) is 0 Å². The maximum absolute atomic E-state index is 12.3. The van der Waals surface area contributed by atoms with Crippen molar-refractivity contribution in [3.8, 4) is 0 Å². The van der Waals surface area contributed by atoms with Crippen LogP contribution in [0.4, 0.5) is 5.69 Å². The van der Waals surface area contributed by atoms with Gasteiger partial charge in [-0.2, -0.15) is 0 Å². The highest BCUT2D eigenvalue weighted by Crippen LogP contribution is 2.24. The minimum Gasteiger partial charge on any atom is -0.550 e. The van der Waals surface area contributed by atoms with E-state index in [9.17, 15) is 18.3 Å². The normalized spacial score (nSPS) is 11.1. The molecular weight excluding hydrogens is 370 g/mol. The molecule has 0 saturated carbocycles. The van der Waals surface area contributed by atoms with Crippen LogP contribution in [0.3, 0.4) is 0 Å². The lowest BCUT2D eigenvalue weighted by atomic mass is 10.1. The fourth-order valence-electron chi connectivity index (χ4n) is 1.83. The summed E-state index contributed by atoms with van der Waals surface area (Å²) >= 11 is 3.28. The van der Waals surface area contributed by atoms with E-state index < -0.39 is 16.0 Å². The minimum atomic E-state index is -3.69. The van der Waals surface area contributed by atoms with Crippen molar-refractivity contribution >= 4 is 37.6 Å². The third-order valence-electron chi connectivity index (χ3n) is 2.97. The Morgan fingerprint density at radius 3 is 2.32 bits per heavy atom. The zero-order chi connectivity index (χ0) is 16.2. The standard InChI is InChI=1S/C15H14BrNO4S/c16-13-3-1-2-4-14(13)17-22(20,21)12-8-5-11(6-9-12)7-10-15(18)19/h1-6,8-9,17H,7,10H2,(H,18,19)/p-1. The molecule has 22 heavy (non-hydrogen) atoms. The highest BCUT2D eigenvalue weighted by atomic mass is 79.9. The minimum absolute atomic E-state index is 0.0959. The molecule has 0 unspecified atom stereocenters. The summed E-state index contributed by atoms with van der Waals surface area (Å²) in [4.78, 5) is 10.5. The molecule has 0 bridgehead atoms. The van der Waals surface area contributed by atoms with Gasteiger partial charge in [-0.25, -0.2) is 8.42 Å². The van der Waals surface area contributed by atoms with Crippen molar-refractivity contribution in [2.24, 2.45) is 0 Å². The first kappa shape index (κ1) is 16.5. The number of halogens is 1. The molecule has 0 aliphatic carbocycles. The predicted molar refractivity (Wildman–Crippen MR) is 84.7 cm³/mol. The number of anilines is 1. The van der Waals surface area contributed by atoms with E-state index >= 15 is 0 Å². The van der Waals surface area contributed by atoms with Crippen LogP contribution < -0.4 is 9.83 Å². The van der Waals surface area contributed by atoms with E-state index in [0.717, 1.165) is 5.56 Å². The van der Waals surface area contributed by atoms with Gasteiger partial charge >= 0.3 is 0 Å². The number of nitrogens with one attached hydrogen (secondary N) is 1. The molecule has 0 fully saturated rings. The van der Waals surface area contributed by atoms with E-state index in [-0.39, 0.29) is 11.3 Å². The first-order chi connectivity index (χ1) is 10.4. The summed E-state index contributed by atoms with van der Waals surface area (Å²) in [6, 6.07) is 13.0. The van der Waals surface area contributed by atoms with Crippen LogP contribution in [0.25, 0.3) is 0 Å². The number of benzene rings is 2. The number of sulfonamides is 1. The van der Waals surface area contributed by atoms with Crippen molar-refractivity contribution in [2.45, 2.75) is 17.7 Å². The lowest BCUT2D eigenvalue weighted by molar-refractivity contribution is -0.305. The van der Waals surface area contributed by atoms with Gasteiger partial charge in [0, 0.05) is 10.4 Å². The monoisotopic (exact) mass is 382 g/mol. The largest absolute Gasteiger partial charge is 0.550 e. The van der Waals surface area contributed by atoms with Gasteiger partial charge in [0.1, 0.15) is 0 Å². The van der Waals surface area contributed by atoms with Gasteiger partial charge in [-0.05, 0) is 58.6 Å². The maximum Gasteiger partial charge on any atom is 0.261 e. The van der Waals surface area contributed by atoms with E-state index in [2.05, 4.69) is 20.7 Å². The van der Waals surface area contributed by atoms with Gasteiger partial charge in [-0.1, -0.05) is 24.3 Å². The van der Waals surface area contributed by atoms with Gasteiger partial charge in [-0.3, -0.25) is 4.72 Å². The van der Waals surface area contributed by atoms with Crippen molar-refractivity contribution < 1.29 is 18.3 Å². The molecule has 0 heterocycles. The third kappa shape index (κ3) is 4.32. The van der Waals surface area contributed by atoms with Crippen LogP contribution >= 0.6 is 15.9 Å². The van der Waals surface area contributed by atoms with E-state index in [1.165, 1.54) is 12.1 Å². The lowest BCUT2D eigenvalue weighted by Crippen LogP contribution is -2.22. The second-order valence-electron chi connectivity index (χ2n) is 4.60. The number of carbonyl (C=O) groups excluding carboxylic acids is 1. The first-order valence-electron chi connectivity index (χ1n) is 6.44. The van der Waals surface area contributed by atoms with Crippen molar-refractivity contribution in [2.75, 3.05) is 4.72 Å². The van der Waals surface area contributed by atoms with Crippen molar-refractivity contribution in [1.82, 2.24) is 0 Å². The molecule has 2 aromatic carbocycles. The zero-order valence-corrected chi connectivity index (χ0v) is 13.9. The van der Waals surface area contributed by atoms with E-state index in [4.69, 9.17) is 0 Å². The summed E-state index contributed by atoms with van der Waals surface area (Å²) in [7, 11) is -3.69. The second kappa shape index (κ2) is 6.93. The number of aliphatic carboxylic acids is 1. The van der Waals surface area contributed by atoms with Crippen LogP contribution in [-0.2, 0) is 21.2 Å². The van der Waals surface area contributed by atoms with Crippen LogP contribution in [0.1, 0.15) is 12.0 Å². The van der Waals surface area contributed by atoms with Crippen LogP contribution in [0, 0.1) is 0 Å². The van der Waals surface area contributed by atoms with E-state index in [0.29, 0.717) is 16.6 Å². The Bertz CT molecular complexity index is 772. The molecule has 0 radical (unpaired) electrons. The molecule has 0 amide bonds. The van der Waals surface area contributed by atoms with Gasteiger partial charge in [0.25, 0.3) is 10.0 Å². The predicted octanol–water partition coefficient (Wildman–Crippen LogP) is 1.93. The number of hydrogen-bond donors (Lipinski definition) is 1. The van der Waals surface area contributed by atoms with Crippen LogP contribution in [-0.4, -0.2) is 14.4 Å². The SMILES string of the molecule is O=C([O-])CCc1ccc(S(=O)(=O)Nc2ccccc2Br)cc1. The number of carboxylic acid groups (broad SMARTS) is 1. The highest BCUT2D eigenvalue weighted by molar-refractivity contribution is 9.10. The number of para-hydroxylation sites is 1. The Hall–Kier alpha value is -1.86. The topological polar surface area (TPSA) is 86.3 Å². The van der Waals surface area contributed by atoms with Crippen molar-refractivity contribution in [3.05, 3.63) is 58.6 Å². The smallest absolute Gasteiger partial charge is 0.261 e. The van der Waals surface area contributed by atoms with Crippen molar-refractivity contribution in [3.63, 3.8) is 0 Å². The Morgan fingerprint density at radius 1 is 1.09 bits per heavy atom. The summed E-state index contributed by atoms with van der Waals surface area (Å²) in [5.74, 6) is -1.13. The van der Waals surface area contributed by atoms with Gasteiger partial charge in [0.15, 0.2) is 0 Å². The number of carbonyl (C=O) groups is 1. The number of aryl methyl sites for hydroxylation is 1. The Morgan fingerprint density at radius 2 is 1.73 bits per heavy atom. The number of hydrogen-bond acceptors (Lipinski definition) is 4. The van der Waals surface area contributed by atoms with Crippen LogP contribution in [0.2, 0.25) is 0 Å². The number of rotatable bonds is 6. The van der Waals surface area contributed by atoms with Crippen LogP contribution in [0.15, 0.2) is 57.9 Å². The summed E-state index contributed by atoms with van der Waals surface area (Å²) in [5.41, 5.74) is 1.19. The van der Waals surface area contributed by atoms with Gasteiger partial charge in [0.05, 0.1) is 10.6 Å². The molecule has 2 aromatic rings. The molecule has 116 valence electrons. The fourth-order valence-corrected chi connectivity index (χ4v) is 3.42. The zero-order valence-electron chi connectivity index (χ0n) is 11.5. The molecule has 1 N–H and O–H groups in total. The fraction of sp³-hybridized carbons (Fsp3) is 0.133. The second-order valence-corrected chi connectivity index (χ2v) is 7.14. The Balaban J connectivity index is 2.16. The number of carboxylic acids is 1. The molecule has 0 saturated heterocycles. The molecule has 0 aromatic heterocycles. The summed E-state index contributed by atoms with van der Waals surface area (Å²) in [6.07, 6.45) is 0.210. The van der Waals surface area contributed by atoms with Gasteiger partial charge in [0.2, 0.25) is 0 Å². The summed E-state index contributed by atoms with van der Waals surface area (Å²) in [5, 5.41) is 10.4. The van der Waals surface area contributed by atoms with E-state index in [1.54, 1.807) is 36.4 Å². The first-order valence-corrected chi connectivity index (χ1v) is 8.72. The third-order valence-corrected chi connectivity index (χ3v) is 5.04. The Labute approximate surface area is 137 Å². The molecule has 0 spiro atoms. The van der Waals surface area contributed by atoms with Crippen LogP contribution in [0.5, 0.6) is 0 Å². The molecule has 2 rings (SSSR count). The molecule has 7 heteroatoms. The maximum atomic E-state index is 12.3. The molecule has 0 aliphatic heterocycles. The van der Waals surface area contributed by atoms with Gasteiger partial charge < -0.3 is 9.90 Å². The Kier molecular flexibility index (Phi) is 5.20. The summed E-state index contributed by atoms with van der Waals surface area (Å²) in [6.45, 7) is 0. The average Bonchev–Trinajstić information content (AvgIpc) is 2.48. The lowest BCUT2D eigenvalue weighted by Gasteiger charge is -2.10. The molecule has 5 nitrogen and oxygen atoms in total. The average molecular weight is 383 g/mol. The molecule has 0 aliphatic rings.